The molecule has 0 aliphatic heterocycles. The van der Waals surface area contributed by atoms with Gasteiger partial charge in [-0.1, -0.05) is 6.92 Å². The van der Waals surface area contributed by atoms with Gasteiger partial charge in [-0.25, -0.2) is 0 Å². The van der Waals surface area contributed by atoms with Crippen LogP contribution in [0.15, 0.2) is 11.6 Å². The minimum Gasteiger partial charge on any atom is -0.389 e. The number of aliphatic hydroxyl groups excluding tert-OH is 1. The molecule has 0 unspecified atom stereocenters. The molecule has 0 aromatic rings. The van der Waals surface area contributed by atoms with Gasteiger partial charge in [0, 0.05) is 18.3 Å². The smallest absolute Gasteiger partial charge is 0.155 e. The van der Waals surface area contributed by atoms with Crippen molar-refractivity contribution in [2.24, 2.45) is 29.1 Å². The normalized spacial score (nSPS) is 49.2. The van der Waals surface area contributed by atoms with E-state index in [1.807, 2.05) is 0 Å². The molecule has 3 fully saturated rings. The molecule has 0 radical (unpaired) electrons. The van der Waals surface area contributed by atoms with Crippen LogP contribution in [0.1, 0.15) is 51.9 Å². The molecule has 3 nitrogen and oxygen atoms in total. The SMILES string of the molecule is C[C@]12CC[C@H]3[C@@H](C[C@H](O)C4=CC(=O)CC[C@@H]43)[C@@H]1CCC2=O. The molecule has 0 aromatic carbocycles. The topological polar surface area (TPSA) is 54.4 Å². The third-order valence-electron chi connectivity index (χ3n) is 7.06. The van der Waals surface area contributed by atoms with Crippen molar-refractivity contribution < 1.29 is 14.7 Å². The average Bonchev–Trinajstić information content (AvgIpc) is 2.76. The van der Waals surface area contributed by atoms with E-state index in [9.17, 15) is 14.7 Å². The van der Waals surface area contributed by atoms with E-state index in [1.54, 1.807) is 6.08 Å². The van der Waals surface area contributed by atoms with Crippen molar-refractivity contribution in [2.75, 3.05) is 0 Å². The van der Waals surface area contributed by atoms with Crippen LogP contribution < -0.4 is 0 Å². The van der Waals surface area contributed by atoms with Crippen molar-refractivity contribution in [3.05, 3.63) is 11.6 Å². The van der Waals surface area contributed by atoms with Gasteiger partial charge in [0.2, 0.25) is 0 Å². The third kappa shape index (κ3) is 1.82. The first kappa shape index (κ1) is 13.7. The lowest BCUT2D eigenvalue weighted by Gasteiger charge is -2.53. The van der Waals surface area contributed by atoms with E-state index in [2.05, 4.69) is 6.92 Å². The Morgan fingerprint density at radius 2 is 1.95 bits per heavy atom. The maximum atomic E-state index is 12.3. The fourth-order valence-electron chi connectivity index (χ4n) is 5.95. The second-order valence-electron chi connectivity index (χ2n) is 7.86. The lowest BCUT2D eigenvalue weighted by Crippen LogP contribution is -2.49. The van der Waals surface area contributed by atoms with Crippen molar-refractivity contribution in [3.63, 3.8) is 0 Å². The Bertz CT molecular complexity index is 535. The van der Waals surface area contributed by atoms with Crippen LogP contribution in [0, 0.1) is 29.1 Å². The Morgan fingerprint density at radius 1 is 1.14 bits per heavy atom. The average molecular weight is 288 g/mol. The molecule has 0 heterocycles. The van der Waals surface area contributed by atoms with Crippen molar-refractivity contribution >= 4 is 11.6 Å². The molecule has 3 saturated carbocycles. The zero-order chi connectivity index (χ0) is 14.8. The summed E-state index contributed by atoms with van der Waals surface area (Å²) in [6.45, 7) is 2.16. The summed E-state index contributed by atoms with van der Waals surface area (Å²) in [7, 11) is 0. The fraction of sp³-hybridized carbons (Fsp3) is 0.778. The highest BCUT2D eigenvalue weighted by molar-refractivity contribution is 5.91. The van der Waals surface area contributed by atoms with Gasteiger partial charge >= 0.3 is 0 Å². The molecule has 114 valence electrons. The number of hydrogen-bond donors (Lipinski definition) is 1. The molecule has 1 N–H and O–H groups in total. The predicted molar refractivity (Wildman–Crippen MR) is 78.5 cm³/mol. The standard InChI is InChI=1S/C18H24O3/c1-18-7-6-12-11-3-2-10(19)8-14(11)16(20)9-13(12)15(18)4-5-17(18)21/h8,11-13,15-16,20H,2-7,9H2,1H3/t11-,12-,13-,15+,16+,18+/m1/s1. The van der Waals surface area contributed by atoms with Crippen molar-refractivity contribution in [1.29, 1.82) is 0 Å². The summed E-state index contributed by atoms with van der Waals surface area (Å²) in [6, 6.07) is 0. The van der Waals surface area contributed by atoms with Gasteiger partial charge < -0.3 is 5.11 Å². The third-order valence-corrected chi connectivity index (χ3v) is 7.06. The Balaban J connectivity index is 1.68. The Kier molecular flexibility index (Phi) is 2.94. The molecule has 6 atom stereocenters. The van der Waals surface area contributed by atoms with E-state index in [1.165, 1.54) is 0 Å². The second-order valence-corrected chi connectivity index (χ2v) is 7.86. The van der Waals surface area contributed by atoms with Crippen LogP contribution in [0.5, 0.6) is 0 Å². The van der Waals surface area contributed by atoms with E-state index in [-0.39, 0.29) is 11.2 Å². The highest BCUT2D eigenvalue weighted by atomic mass is 16.3. The molecule has 0 spiro atoms. The molecule has 0 bridgehead atoms. The van der Waals surface area contributed by atoms with E-state index in [4.69, 9.17) is 0 Å². The molecule has 4 aliphatic carbocycles. The van der Waals surface area contributed by atoms with Crippen LogP contribution in [-0.4, -0.2) is 22.8 Å². The van der Waals surface area contributed by atoms with Gasteiger partial charge in [-0.3, -0.25) is 9.59 Å². The summed E-state index contributed by atoms with van der Waals surface area (Å²) < 4.78 is 0. The summed E-state index contributed by atoms with van der Waals surface area (Å²) in [6.07, 6.45) is 7.39. The summed E-state index contributed by atoms with van der Waals surface area (Å²) >= 11 is 0. The van der Waals surface area contributed by atoms with Gasteiger partial charge in [0.25, 0.3) is 0 Å². The zero-order valence-corrected chi connectivity index (χ0v) is 12.7. The molecule has 3 heteroatoms. The number of Topliss-reactive ketones (excluding diaryl/α,β-unsaturated/α-hetero) is 1. The van der Waals surface area contributed by atoms with E-state index < -0.39 is 6.10 Å². The van der Waals surface area contributed by atoms with Crippen LogP contribution in [0.4, 0.5) is 0 Å². The van der Waals surface area contributed by atoms with Crippen LogP contribution in [0.3, 0.4) is 0 Å². The van der Waals surface area contributed by atoms with Crippen molar-refractivity contribution in [2.45, 2.75) is 58.0 Å². The molecule has 4 rings (SSSR count). The van der Waals surface area contributed by atoms with Crippen LogP contribution in [0.2, 0.25) is 0 Å². The molecule has 0 aromatic heterocycles. The molecule has 4 aliphatic rings. The van der Waals surface area contributed by atoms with Crippen molar-refractivity contribution in [1.82, 2.24) is 0 Å². The predicted octanol–water partition coefficient (Wildman–Crippen LogP) is 2.67. The molecule has 0 amide bonds. The number of carbonyl (C=O) groups excluding carboxylic acids is 2. The highest BCUT2D eigenvalue weighted by Gasteiger charge is 2.57. The summed E-state index contributed by atoms with van der Waals surface area (Å²) in [5.74, 6) is 2.52. The fourth-order valence-corrected chi connectivity index (χ4v) is 5.95. The van der Waals surface area contributed by atoms with E-state index >= 15 is 0 Å². The van der Waals surface area contributed by atoms with E-state index in [0.717, 1.165) is 44.1 Å². The van der Waals surface area contributed by atoms with Gasteiger partial charge in [-0.05, 0) is 67.4 Å². The van der Waals surface area contributed by atoms with E-state index in [0.29, 0.717) is 35.9 Å². The lowest BCUT2D eigenvalue weighted by molar-refractivity contribution is -0.132. The molecule has 21 heavy (non-hydrogen) atoms. The van der Waals surface area contributed by atoms with Gasteiger partial charge in [0.15, 0.2) is 5.78 Å². The Morgan fingerprint density at radius 3 is 2.76 bits per heavy atom. The first-order valence-corrected chi connectivity index (χ1v) is 8.46. The van der Waals surface area contributed by atoms with Gasteiger partial charge in [-0.15, -0.1) is 0 Å². The number of aliphatic hydroxyl groups is 1. The lowest BCUT2D eigenvalue weighted by atomic mass is 9.52. The van der Waals surface area contributed by atoms with Gasteiger partial charge in [-0.2, -0.15) is 0 Å². The minimum atomic E-state index is -0.460. The number of ketones is 2. The van der Waals surface area contributed by atoms with Crippen LogP contribution >= 0.6 is 0 Å². The number of hydrogen-bond acceptors (Lipinski definition) is 3. The van der Waals surface area contributed by atoms with Gasteiger partial charge in [0.1, 0.15) is 5.78 Å². The number of rotatable bonds is 0. The van der Waals surface area contributed by atoms with Crippen LogP contribution in [0.25, 0.3) is 0 Å². The second kappa shape index (κ2) is 4.52. The summed E-state index contributed by atoms with van der Waals surface area (Å²) in [5.41, 5.74) is 0.868. The maximum Gasteiger partial charge on any atom is 0.155 e. The van der Waals surface area contributed by atoms with Crippen LogP contribution in [-0.2, 0) is 9.59 Å². The molecular weight excluding hydrogens is 264 g/mol. The summed E-state index contributed by atoms with van der Waals surface area (Å²) in [5, 5.41) is 10.5. The Hall–Kier alpha value is -0.960. The Labute approximate surface area is 125 Å². The van der Waals surface area contributed by atoms with Crippen molar-refractivity contribution in [3.8, 4) is 0 Å². The number of fused-ring (bicyclic) bond motifs is 5. The molecular formula is C18H24O3. The maximum absolute atomic E-state index is 12.3. The first-order valence-electron chi connectivity index (χ1n) is 8.46. The zero-order valence-electron chi connectivity index (χ0n) is 12.7. The molecule has 0 saturated heterocycles. The minimum absolute atomic E-state index is 0.132. The van der Waals surface area contributed by atoms with Gasteiger partial charge in [0.05, 0.1) is 6.10 Å². The highest BCUT2D eigenvalue weighted by Crippen LogP contribution is 2.60. The first-order chi connectivity index (χ1) is 10.0. The monoisotopic (exact) mass is 288 g/mol. The summed E-state index contributed by atoms with van der Waals surface area (Å²) in [4.78, 5) is 24.0. The number of carbonyl (C=O) groups is 2. The largest absolute Gasteiger partial charge is 0.389 e. The quantitative estimate of drug-likeness (QED) is 0.745.